The average Bonchev–Trinajstić information content (AvgIpc) is 3.27. The molecule has 1 aromatic carbocycles. The Bertz CT molecular complexity index is 920. The van der Waals surface area contributed by atoms with Crippen LogP contribution in [0.3, 0.4) is 0 Å². The highest BCUT2D eigenvalue weighted by molar-refractivity contribution is 6.28. The van der Waals surface area contributed by atoms with Gasteiger partial charge in [-0.2, -0.15) is 9.97 Å². The summed E-state index contributed by atoms with van der Waals surface area (Å²) in [6.45, 7) is 0. The number of fused-ring (bicyclic) bond motifs is 1. The van der Waals surface area contributed by atoms with Crippen molar-refractivity contribution in [1.29, 1.82) is 0 Å². The van der Waals surface area contributed by atoms with Gasteiger partial charge in [0.15, 0.2) is 0 Å². The molecule has 0 unspecified atom stereocenters. The molecule has 23 heavy (non-hydrogen) atoms. The zero-order chi connectivity index (χ0) is 16.0. The topological polar surface area (TPSA) is 83.1 Å². The SMILES string of the molecule is O=[N+]([O-])c1cccc(Oc2nc(Cl)nc3c2ccn3C2CC2)c1. The quantitative estimate of drug-likeness (QED) is 0.408. The summed E-state index contributed by atoms with van der Waals surface area (Å²) in [6.07, 6.45) is 4.17. The number of nitro groups is 1. The Hall–Kier alpha value is -2.67. The minimum absolute atomic E-state index is 0.0468. The van der Waals surface area contributed by atoms with Crippen LogP contribution in [0, 0.1) is 10.1 Å². The fraction of sp³-hybridized carbons (Fsp3) is 0.200. The fourth-order valence-corrected chi connectivity index (χ4v) is 2.63. The molecule has 0 bridgehead atoms. The highest BCUT2D eigenvalue weighted by Crippen LogP contribution is 2.39. The van der Waals surface area contributed by atoms with Gasteiger partial charge in [0.1, 0.15) is 11.4 Å². The molecule has 1 aliphatic rings. The third kappa shape index (κ3) is 2.59. The molecule has 0 spiro atoms. The fourth-order valence-electron chi connectivity index (χ4n) is 2.48. The van der Waals surface area contributed by atoms with Crippen LogP contribution < -0.4 is 4.74 Å². The molecule has 8 heteroatoms. The standard InChI is InChI=1S/C15H11ClN4O3/c16-15-17-13-12(6-7-19(13)9-4-5-9)14(18-15)23-11-3-1-2-10(8-11)20(21)22/h1-3,6-9H,4-5H2. The van der Waals surface area contributed by atoms with E-state index >= 15 is 0 Å². The summed E-state index contributed by atoms with van der Waals surface area (Å²) in [4.78, 5) is 18.8. The van der Waals surface area contributed by atoms with Crippen molar-refractivity contribution in [2.45, 2.75) is 18.9 Å². The molecule has 7 nitrogen and oxygen atoms in total. The van der Waals surface area contributed by atoms with Crippen LogP contribution in [0.4, 0.5) is 5.69 Å². The smallest absolute Gasteiger partial charge is 0.273 e. The molecule has 4 rings (SSSR count). The first-order chi connectivity index (χ1) is 11.1. The third-order valence-electron chi connectivity index (χ3n) is 3.69. The Morgan fingerprint density at radius 2 is 2.13 bits per heavy atom. The summed E-state index contributed by atoms with van der Waals surface area (Å²) >= 11 is 6.00. The molecule has 0 radical (unpaired) electrons. The van der Waals surface area contributed by atoms with E-state index < -0.39 is 4.92 Å². The van der Waals surface area contributed by atoms with Crippen molar-refractivity contribution in [3.05, 3.63) is 51.9 Å². The molecule has 0 aliphatic heterocycles. The molecule has 0 N–H and O–H groups in total. The number of aromatic nitrogens is 3. The van der Waals surface area contributed by atoms with Gasteiger partial charge < -0.3 is 9.30 Å². The summed E-state index contributed by atoms with van der Waals surface area (Å²) in [7, 11) is 0. The van der Waals surface area contributed by atoms with E-state index in [9.17, 15) is 10.1 Å². The Kier molecular flexibility index (Phi) is 3.16. The van der Waals surface area contributed by atoms with Crippen LogP contribution in [-0.4, -0.2) is 19.5 Å². The lowest BCUT2D eigenvalue weighted by Gasteiger charge is -2.07. The highest BCUT2D eigenvalue weighted by Gasteiger charge is 2.26. The lowest BCUT2D eigenvalue weighted by molar-refractivity contribution is -0.384. The van der Waals surface area contributed by atoms with Gasteiger partial charge in [0.25, 0.3) is 5.69 Å². The molecule has 1 saturated carbocycles. The lowest BCUT2D eigenvalue weighted by Crippen LogP contribution is -1.97. The van der Waals surface area contributed by atoms with Crippen LogP contribution >= 0.6 is 11.6 Å². The van der Waals surface area contributed by atoms with E-state index in [1.807, 2.05) is 12.3 Å². The summed E-state index contributed by atoms with van der Waals surface area (Å²) < 4.78 is 7.78. The molecule has 2 heterocycles. The molecule has 1 fully saturated rings. The Labute approximate surface area is 135 Å². The molecule has 0 atom stereocenters. The summed E-state index contributed by atoms with van der Waals surface area (Å²) in [5.41, 5.74) is 0.669. The van der Waals surface area contributed by atoms with Crippen molar-refractivity contribution in [2.75, 3.05) is 0 Å². The number of nitrogens with zero attached hydrogens (tertiary/aromatic N) is 4. The van der Waals surface area contributed by atoms with Gasteiger partial charge in [0, 0.05) is 18.3 Å². The zero-order valence-electron chi connectivity index (χ0n) is 11.8. The molecule has 0 amide bonds. The van der Waals surface area contributed by atoms with E-state index in [1.165, 1.54) is 12.1 Å². The van der Waals surface area contributed by atoms with Gasteiger partial charge in [-0.15, -0.1) is 0 Å². The first-order valence-electron chi connectivity index (χ1n) is 7.08. The number of benzene rings is 1. The number of ether oxygens (including phenoxy) is 1. The molecule has 0 saturated heterocycles. The van der Waals surface area contributed by atoms with E-state index in [2.05, 4.69) is 14.5 Å². The van der Waals surface area contributed by atoms with Gasteiger partial charge in [-0.3, -0.25) is 10.1 Å². The van der Waals surface area contributed by atoms with Crippen LogP contribution in [0.2, 0.25) is 5.28 Å². The maximum Gasteiger partial charge on any atom is 0.273 e. The Morgan fingerprint density at radius 3 is 2.87 bits per heavy atom. The lowest BCUT2D eigenvalue weighted by atomic mass is 10.3. The van der Waals surface area contributed by atoms with E-state index in [4.69, 9.17) is 16.3 Å². The van der Waals surface area contributed by atoms with E-state index in [0.717, 1.165) is 18.2 Å². The molecule has 2 aromatic heterocycles. The van der Waals surface area contributed by atoms with Crippen molar-refractivity contribution in [3.63, 3.8) is 0 Å². The molecular weight excluding hydrogens is 320 g/mol. The summed E-state index contributed by atoms with van der Waals surface area (Å²) in [5.74, 6) is 0.620. The van der Waals surface area contributed by atoms with Gasteiger partial charge in [-0.05, 0) is 36.6 Å². The zero-order valence-corrected chi connectivity index (χ0v) is 12.6. The van der Waals surface area contributed by atoms with Crippen molar-refractivity contribution in [2.24, 2.45) is 0 Å². The van der Waals surface area contributed by atoms with Crippen LogP contribution in [0.5, 0.6) is 11.6 Å². The van der Waals surface area contributed by atoms with Gasteiger partial charge in [0.2, 0.25) is 11.2 Å². The monoisotopic (exact) mass is 330 g/mol. The average molecular weight is 331 g/mol. The summed E-state index contributed by atoms with van der Waals surface area (Å²) in [5, 5.41) is 11.7. The Morgan fingerprint density at radius 1 is 1.30 bits per heavy atom. The molecule has 1 aliphatic carbocycles. The molecule has 116 valence electrons. The van der Waals surface area contributed by atoms with E-state index in [-0.39, 0.29) is 11.0 Å². The first-order valence-corrected chi connectivity index (χ1v) is 7.46. The second-order valence-electron chi connectivity index (χ2n) is 5.35. The number of non-ortho nitro benzene ring substituents is 1. The van der Waals surface area contributed by atoms with Crippen LogP contribution in [0.25, 0.3) is 11.0 Å². The second-order valence-corrected chi connectivity index (χ2v) is 5.68. The summed E-state index contributed by atoms with van der Waals surface area (Å²) in [6, 6.07) is 8.26. The first kappa shape index (κ1) is 14.0. The van der Waals surface area contributed by atoms with E-state index in [1.54, 1.807) is 12.1 Å². The van der Waals surface area contributed by atoms with Crippen molar-refractivity contribution in [1.82, 2.24) is 14.5 Å². The van der Waals surface area contributed by atoms with E-state index in [0.29, 0.717) is 23.3 Å². The Balaban J connectivity index is 1.76. The van der Waals surface area contributed by atoms with Gasteiger partial charge in [0.05, 0.1) is 16.4 Å². The normalized spacial score (nSPS) is 14.1. The number of nitro benzene ring substituents is 1. The molecule has 3 aromatic rings. The predicted octanol–water partition coefficient (Wildman–Crippen LogP) is 4.12. The second kappa shape index (κ2) is 5.20. The van der Waals surface area contributed by atoms with Crippen molar-refractivity contribution >= 4 is 28.3 Å². The minimum atomic E-state index is -0.473. The number of halogens is 1. The maximum atomic E-state index is 10.9. The van der Waals surface area contributed by atoms with Crippen molar-refractivity contribution in [3.8, 4) is 11.6 Å². The number of hydrogen-bond donors (Lipinski definition) is 0. The highest BCUT2D eigenvalue weighted by atomic mass is 35.5. The van der Waals surface area contributed by atoms with Crippen LogP contribution in [-0.2, 0) is 0 Å². The minimum Gasteiger partial charge on any atom is -0.438 e. The van der Waals surface area contributed by atoms with Crippen molar-refractivity contribution < 1.29 is 9.66 Å². The largest absolute Gasteiger partial charge is 0.438 e. The van der Waals surface area contributed by atoms with Gasteiger partial charge >= 0.3 is 0 Å². The van der Waals surface area contributed by atoms with Crippen LogP contribution in [0.15, 0.2) is 36.5 Å². The number of rotatable bonds is 4. The third-order valence-corrected chi connectivity index (χ3v) is 3.86. The van der Waals surface area contributed by atoms with Gasteiger partial charge in [-0.1, -0.05) is 6.07 Å². The molecular formula is C15H11ClN4O3. The van der Waals surface area contributed by atoms with Crippen LogP contribution in [0.1, 0.15) is 18.9 Å². The predicted molar refractivity (Wildman–Crippen MR) is 84.0 cm³/mol. The maximum absolute atomic E-state index is 10.9. The number of hydrogen-bond acceptors (Lipinski definition) is 5. The van der Waals surface area contributed by atoms with Gasteiger partial charge in [-0.25, -0.2) is 0 Å².